The summed E-state index contributed by atoms with van der Waals surface area (Å²) in [5.41, 5.74) is 8.55. The molecule has 4 atom stereocenters. The summed E-state index contributed by atoms with van der Waals surface area (Å²) in [5, 5.41) is 22.2. The average Bonchev–Trinajstić information content (AvgIpc) is 3.61. The first-order valence-corrected chi connectivity index (χ1v) is 18.9. The minimum Gasteiger partial charge on any atom is -0.481 e. The number of aliphatic carboxylic acids is 1. The van der Waals surface area contributed by atoms with Crippen molar-refractivity contribution in [3.63, 3.8) is 0 Å². The third-order valence-electron chi connectivity index (χ3n) is 9.62. The van der Waals surface area contributed by atoms with Crippen LogP contribution in [0.5, 0.6) is 0 Å². The molecule has 0 saturated carbocycles. The first-order chi connectivity index (χ1) is 28.4. The van der Waals surface area contributed by atoms with Crippen LogP contribution in [0.15, 0.2) is 85.1 Å². The van der Waals surface area contributed by atoms with Gasteiger partial charge in [0.1, 0.15) is 24.2 Å². The highest BCUT2D eigenvalue weighted by Crippen LogP contribution is 2.21. The lowest BCUT2D eigenvalue weighted by atomic mass is 10.0. The van der Waals surface area contributed by atoms with Crippen LogP contribution in [0.3, 0.4) is 0 Å². The van der Waals surface area contributed by atoms with Crippen LogP contribution in [0.25, 0.3) is 10.9 Å². The van der Waals surface area contributed by atoms with Gasteiger partial charge < -0.3 is 47.3 Å². The van der Waals surface area contributed by atoms with E-state index in [0.29, 0.717) is 27.7 Å². The number of alkyl halides is 3. The number of carboxylic acid groups (broad SMARTS) is 1. The fraction of sp³-hybridized carbons (Fsp3) is 0.341. The molecule has 0 unspecified atom stereocenters. The fourth-order valence-electron chi connectivity index (χ4n) is 6.37. The number of benzene rings is 3. The van der Waals surface area contributed by atoms with Gasteiger partial charge >= 0.3 is 24.1 Å². The Bertz CT molecular complexity index is 2160. The van der Waals surface area contributed by atoms with Gasteiger partial charge in [-0.15, -0.1) is 0 Å². The zero-order valence-electron chi connectivity index (χ0n) is 32.8. The summed E-state index contributed by atoms with van der Waals surface area (Å²) in [6, 6.07) is 15.3. The molecule has 1 heterocycles. The zero-order chi connectivity index (χ0) is 44.0. The van der Waals surface area contributed by atoms with E-state index < -0.39 is 84.7 Å². The van der Waals surface area contributed by atoms with Gasteiger partial charge in [-0.05, 0) is 55.0 Å². The molecule has 4 rings (SSSR count). The molecular weight excluding hydrogens is 789 g/mol. The number of nitrogens with zero attached hydrogens (tertiary/aromatic N) is 1. The van der Waals surface area contributed by atoms with Gasteiger partial charge in [-0.25, -0.2) is 4.79 Å². The second-order valence-corrected chi connectivity index (χ2v) is 14.1. The van der Waals surface area contributed by atoms with Crippen LogP contribution in [-0.2, 0) is 41.6 Å². The SMILES string of the molecule is Cc1ccccc1NC(=O)NCCCC[C@H](NC(=O)[C@H](Cc1c[nH]c2ccccc12)NC(=O)C(F)(F)F)C(=O)N(C)[C@@H](CC(=O)O)C(=O)N[C@@H](Cc1ccccc1)C(N)=O. The van der Waals surface area contributed by atoms with Crippen molar-refractivity contribution < 1.29 is 51.8 Å². The van der Waals surface area contributed by atoms with E-state index in [1.165, 1.54) is 6.20 Å². The van der Waals surface area contributed by atoms with E-state index >= 15 is 0 Å². The van der Waals surface area contributed by atoms with E-state index in [1.807, 2.05) is 13.0 Å². The number of fused-ring (bicyclic) bond motifs is 1. The highest BCUT2D eigenvalue weighted by molar-refractivity contribution is 5.97. The molecule has 60 heavy (non-hydrogen) atoms. The Labute approximate surface area is 342 Å². The number of nitrogens with two attached hydrogens (primary N) is 1. The quantitative estimate of drug-likeness (QED) is 0.0614. The summed E-state index contributed by atoms with van der Waals surface area (Å²) < 4.78 is 40.5. The van der Waals surface area contributed by atoms with Gasteiger partial charge in [0.2, 0.25) is 23.6 Å². The number of nitrogens with one attached hydrogen (secondary N) is 6. The Morgan fingerprint density at radius 3 is 2.12 bits per heavy atom. The van der Waals surface area contributed by atoms with Crippen LogP contribution in [0.4, 0.5) is 23.7 Å². The van der Waals surface area contributed by atoms with Gasteiger partial charge in [-0.1, -0.05) is 66.7 Å². The van der Waals surface area contributed by atoms with E-state index in [1.54, 1.807) is 78.1 Å². The van der Waals surface area contributed by atoms with E-state index in [9.17, 15) is 51.8 Å². The summed E-state index contributed by atoms with van der Waals surface area (Å²) in [5.74, 6) is -8.11. The van der Waals surface area contributed by atoms with Crippen LogP contribution in [0, 0.1) is 6.92 Å². The van der Waals surface area contributed by atoms with E-state index in [4.69, 9.17) is 5.73 Å². The smallest absolute Gasteiger partial charge is 0.471 e. The molecule has 0 saturated heterocycles. The summed E-state index contributed by atoms with van der Waals surface area (Å²) >= 11 is 0. The number of anilines is 1. The van der Waals surface area contributed by atoms with Crippen LogP contribution in [0.2, 0.25) is 0 Å². The number of halogens is 3. The molecule has 0 bridgehead atoms. The lowest BCUT2D eigenvalue weighted by molar-refractivity contribution is -0.174. The number of H-pyrrole nitrogens is 1. The van der Waals surface area contributed by atoms with Crippen LogP contribution < -0.4 is 32.3 Å². The molecule has 19 heteroatoms. The topological polar surface area (TPSA) is 245 Å². The van der Waals surface area contributed by atoms with Gasteiger partial charge in [0.15, 0.2) is 0 Å². The van der Waals surface area contributed by atoms with Crippen molar-refractivity contribution in [1.82, 2.24) is 31.2 Å². The highest BCUT2D eigenvalue weighted by Gasteiger charge is 2.42. The summed E-state index contributed by atoms with van der Waals surface area (Å²) in [4.78, 5) is 94.5. The van der Waals surface area contributed by atoms with Gasteiger partial charge in [-0.3, -0.25) is 28.8 Å². The molecular formula is C41H47F3N8O8. The molecule has 1 aromatic heterocycles. The number of aryl methyl sites for hydroxylation is 1. The van der Waals surface area contributed by atoms with E-state index in [2.05, 4.69) is 26.3 Å². The second kappa shape index (κ2) is 21.2. The maximum absolute atomic E-state index is 14.2. The molecule has 0 radical (unpaired) electrons. The average molecular weight is 837 g/mol. The number of urea groups is 1. The van der Waals surface area contributed by atoms with Crippen molar-refractivity contribution in [1.29, 1.82) is 0 Å². The Kier molecular flexibility index (Phi) is 16.2. The fourth-order valence-corrected chi connectivity index (χ4v) is 6.37. The number of carbonyl (C=O) groups excluding carboxylic acids is 6. The standard InChI is InChI=1S/C41H47F3N8O8/c1-24-12-6-8-16-28(24)51-40(60)46-19-11-10-18-30(48-36(56)32(50-39(59)41(42,43)44)21-26-23-47-29-17-9-7-15-27(26)29)38(58)52(2)33(22-34(53)54)37(57)49-31(35(45)55)20-25-13-4-3-5-14-25/h3-9,12-17,23,30-33,47H,10-11,18-22H2,1-2H3,(H2,45,55)(H,48,56)(H,49,57)(H,50,59)(H,53,54)(H2,46,51,60)/t30-,31-,32-,33-/m0/s1. The monoisotopic (exact) mass is 836 g/mol. The normalized spacial score (nSPS) is 13.2. The Morgan fingerprint density at radius 2 is 1.45 bits per heavy atom. The van der Waals surface area contributed by atoms with Crippen molar-refractivity contribution in [3.05, 3.63) is 102 Å². The van der Waals surface area contributed by atoms with Gasteiger partial charge in [-0.2, -0.15) is 13.2 Å². The van der Waals surface area contributed by atoms with Gasteiger partial charge in [0.25, 0.3) is 0 Å². The van der Waals surface area contributed by atoms with Crippen molar-refractivity contribution in [3.8, 4) is 0 Å². The third kappa shape index (κ3) is 13.3. The van der Waals surface area contributed by atoms with E-state index in [0.717, 1.165) is 17.5 Å². The lowest BCUT2D eigenvalue weighted by Gasteiger charge is -2.32. The number of carboxylic acids is 1. The molecule has 320 valence electrons. The number of hydrogen-bond acceptors (Lipinski definition) is 7. The molecule has 0 fully saturated rings. The predicted molar refractivity (Wildman–Crippen MR) is 214 cm³/mol. The summed E-state index contributed by atoms with van der Waals surface area (Å²) in [7, 11) is 1.09. The molecule has 0 spiro atoms. The van der Waals surface area contributed by atoms with Crippen molar-refractivity contribution in [2.45, 2.75) is 75.8 Å². The molecule has 16 nitrogen and oxygen atoms in total. The molecule has 7 amide bonds. The zero-order valence-corrected chi connectivity index (χ0v) is 32.8. The Hall–Kier alpha value is -6.92. The lowest BCUT2D eigenvalue weighted by Crippen LogP contribution is -2.59. The number of aromatic amines is 1. The maximum atomic E-state index is 14.2. The van der Waals surface area contributed by atoms with Crippen LogP contribution in [0.1, 0.15) is 42.4 Å². The maximum Gasteiger partial charge on any atom is 0.471 e. The molecule has 4 aromatic rings. The van der Waals surface area contributed by atoms with Crippen LogP contribution >= 0.6 is 0 Å². The van der Waals surface area contributed by atoms with Crippen molar-refractivity contribution >= 4 is 58.1 Å². The van der Waals surface area contributed by atoms with Gasteiger partial charge in [0, 0.05) is 49.2 Å². The third-order valence-corrected chi connectivity index (χ3v) is 9.62. The first-order valence-electron chi connectivity index (χ1n) is 18.9. The van der Waals surface area contributed by atoms with Gasteiger partial charge in [0.05, 0.1) is 6.42 Å². The number of rotatable bonds is 20. The molecule has 9 N–H and O–H groups in total. The van der Waals surface area contributed by atoms with E-state index in [-0.39, 0.29) is 32.2 Å². The van der Waals surface area contributed by atoms with Crippen LogP contribution in [-0.4, -0.2) is 100 Å². The largest absolute Gasteiger partial charge is 0.481 e. The first kappa shape index (κ1) is 45.8. The van der Waals surface area contributed by atoms with Crippen molar-refractivity contribution in [2.75, 3.05) is 18.9 Å². The minimum absolute atomic E-state index is 0.0590. The molecule has 0 aliphatic rings. The Morgan fingerprint density at radius 1 is 0.800 bits per heavy atom. The number of amides is 7. The molecule has 0 aliphatic heterocycles. The number of likely N-dealkylation sites (N-methyl/N-ethyl adjacent to an activating group) is 1. The predicted octanol–water partition coefficient (Wildman–Crippen LogP) is 3.06. The second-order valence-electron chi connectivity index (χ2n) is 14.1. The Balaban J connectivity index is 1.57. The molecule has 0 aliphatic carbocycles. The number of unbranched alkanes of at least 4 members (excludes halogenated alkanes) is 1. The van der Waals surface area contributed by atoms with Crippen molar-refractivity contribution in [2.24, 2.45) is 5.73 Å². The number of hydrogen-bond donors (Lipinski definition) is 8. The highest BCUT2D eigenvalue weighted by atomic mass is 19.4. The number of aromatic nitrogens is 1. The number of primary amides is 1. The summed E-state index contributed by atoms with van der Waals surface area (Å²) in [6.45, 7) is 1.90. The molecule has 3 aromatic carbocycles. The summed E-state index contributed by atoms with van der Waals surface area (Å²) in [6.07, 6.45) is -5.20. The minimum atomic E-state index is -5.37. The number of carbonyl (C=O) groups is 7. The number of para-hydroxylation sites is 2.